The number of benzene rings is 1. The molecular formula is C14H17NO. The summed E-state index contributed by atoms with van der Waals surface area (Å²) < 4.78 is 5.22. The van der Waals surface area contributed by atoms with Crippen LogP contribution in [0.15, 0.2) is 30.5 Å². The van der Waals surface area contributed by atoms with E-state index in [4.69, 9.17) is 4.74 Å². The normalized spacial score (nSPS) is 11.8. The predicted molar refractivity (Wildman–Crippen MR) is 67.0 cm³/mol. The first kappa shape index (κ1) is 10.9. The summed E-state index contributed by atoms with van der Waals surface area (Å²) in [5.41, 5.74) is 2.38. The lowest BCUT2D eigenvalue weighted by Gasteiger charge is -2.18. The van der Waals surface area contributed by atoms with Crippen LogP contribution in [0.5, 0.6) is 5.75 Å². The molecule has 0 aliphatic rings. The number of pyridine rings is 1. The van der Waals surface area contributed by atoms with Gasteiger partial charge in [-0.25, -0.2) is 0 Å². The van der Waals surface area contributed by atoms with Gasteiger partial charge < -0.3 is 4.74 Å². The molecule has 1 aromatic heterocycles. The maximum Gasteiger partial charge on any atom is 0.119 e. The third-order valence-corrected chi connectivity index (χ3v) is 2.75. The number of methoxy groups -OCH3 is 1. The zero-order valence-electron chi connectivity index (χ0n) is 10.2. The topological polar surface area (TPSA) is 22.1 Å². The van der Waals surface area contributed by atoms with Crippen LogP contribution < -0.4 is 4.74 Å². The molecule has 0 N–H and O–H groups in total. The number of hydrogen-bond donors (Lipinski definition) is 0. The van der Waals surface area contributed by atoms with Gasteiger partial charge in [-0.3, -0.25) is 4.98 Å². The molecular weight excluding hydrogens is 198 g/mol. The average molecular weight is 215 g/mol. The molecule has 0 atom stereocenters. The number of hydrogen-bond acceptors (Lipinski definition) is 2. The fourth-order valence-corrected chi connectivity index (χ4v) is 1.65. The molecule has 0 fully saturated rings. The minimum Gasteiger partial charge on any atom is -0.497 e. The highest BCUT2D eigenvalue weighted by Crippen LogP contribution is 2.26. The lowest BCUT2D eigenvalue weighted by atomic mass is 9.87. The van der Waals surface area contributed by atoms with Crippen molar-refractivity contribution in [3.63, 3.8) is 0 Å². The van der Waals surface area contributed by atoms with Crippen molar-refractivity contribution < 1.29 is 4.74 Å². The summed E-state index contributed by atoms with van der Waals surface area (Å²) in [6.45, 7) is 6.57. The molecule has 2 aromatic rings. The largest absolute Gasteiger partial charge is 0.497 e. The molecule has 0 unspecified atom stereocenters. The van der Waals surface area contributed by atoms with Crippen molar-refractivity contribution in [2.24, 2.45) is 0 Å². The molecule has 0 saturated heterocycles. The fourth-order valence-electron chi connectivity index (χ4n) is 1.65. The van der Waals surface area contributed by atoms with Gasteiger partial charge >= 0.3 is 0 Å². The van der Waals surface area contributed by atoms with Crippen LogP contribution in [0.1, 0.15) is 26.3 Å². The highest BCUT2D eigenvalue weighted by molar-refractivity contribution is 5.80. The van der Waals surface area contributed by atoms with Gasteiger partial charge in [0.05, 0.1) is 12.6 Å². The maximum atomic E-state index is 5.22. The van der Waals surface area contributed by atoms with Crippen molar-refractivity contribution in [3.05, 3.63) is 36.0 Å². The van der Waals surface area contributed by atoms with Crippen LogP contribution in [0.25, 0.3) is 10.9 Å². The molecule has 0 amide bonds. The second-order valence-corrected chi connectivity index (χ2v) is 5.03. The van der Waals surface area contributed by atoms with Gasteiger partial charge in [-0.05, 0) is 35.2 Å². The van der Waals surface area contributed by atoms with Crippen LogP contribution in [0.3, 0.4) is 0 Å². The number of aromatic nitrogens is 1. The minimum atomic E-state index is 0.129. The molecule has 1 aromatic carbocycles. The van der Waals surface area contributed by atoms with Gasteiger partial charge in [-0.15, -0.1) is 0 Å². The van der Waals surface area contributed by atoms with E-state index in [2.05, 4.69) is 31.8 Å². The molecule has 0 aliphatic carbocycles. The van der Waals surface area contributed by atoms with Gasteiger partial charge in [0, 0.05) is 11.6 Å². The van der Waals surface area contributed by atoms with Crippen molar-refractivity contribution in [2.75, 3.05) is 7.11 Å². The molecule has 2 rings (SSSR count). The van der Waals surface area contributed by atoms with E-state index in [1.165, 1.54) is 5.56 Å². The zero-order valence-corrected chi connectivity index (χ0v) is 10.2. The van der Waals surface area contributed by atoms with E-state index >= 15 is 0 Å². The quantitative estimate of drug-likeness (QED) is 0.726. The molecule has 0 bridgehead atoms. The molecule has 16 heavy (non-hydrogen) atoms. The van der Waals surface area contributed by atoms with Gasteiger partial charge in [-0.1, -0.05) is 20.8 Å². The second-order valence-electron chi connectivity index (χ2n) is 5.03. The summed E-state index contributed by atoms with van der Waals surface area (Å²) in [7, 11) is 1.68. The number of ether oxygens (including phenoxy) is 1. The fraction of sp³-hybridized carbons (Fsp3) is 0.357. The van der Waals surface area contributed by atoms with E-state index in [0.717, 1.165) is 16.7 Å². The summed E-state index contributed by atoms with van der Waals surface area (Å²) in [5.74, 6) is 0.875. The zero-order chi connectivity index (χ0) is 11.8. The second kappa shape index (κ2) is 3.78. The Morgan fingerprint density at radius 1 is 1.12 bits per heavy atom. The van der Waals surface area contributed by atoms with Gasteiger partial charge in [0.2, 0.25) is 0 Å². The maximum absolute atomic E-state index is 5.22. The Morgan fingerprint density at radius 3 is 2.50 bits per heavy atom. The first-order chi connectivity index (χ1) is 7.50. The van der Waals surface area contributed by atoms with E-state index < -0.39 is 0 Å². The lowest BCUT2D eigenvalue weighted by Crippen LogP contribution is -2.11. The number of fused-ring (bicyclic) bond motifs is 1. The van der Waals surface area contributed by atoms with Gasteiger partial charge in [0.15, 0.2) is 0 Å². The third kappa shape index (κ3) is 2.01. The summed E-state index contributed by atoms with van der Waals surface area (Å²) in [4.78, 5) is 4.47. The Morgan fingerprint density at radius 2 is 1.88 bits per heavy atom. The lowest BCUT2D eigenvalue weighted by molar-refractivity contribution is 0.415. The minimum absolute atomic E-state index is 0.129. The Bertz CT molecular complexity index is 512. The Labute approximate surface area is 96.3 Å². The van der Waals surface area contributed by atoms with Crippen molar-refractivity contribution in [1.82, 2.24) is 4.98 Å². The monoisotopic (exact) mass is 215 g/mol. The average Bonchev–Trinajstić information content (AvgIpc) is 2.26. The summed E-state index contributed by atoms with van der Waals surface area (Å²) >= 11 is 0. The van der Waals surface area contributed by atoms with E-state index in [-0.39, 0.29) is 5.41 Å². The molecule has 84 valence electrons. The van der Waals surface area contributed by atoms with Crippen LogP contribution in [-0.2, 0) is 5.41 Å². The summed E-state index contributed by atoms with van der Waals surface area (Å²) in [6, 6.07) is 8.13. The molecule has 0 aliphatic heterocycles. The molecule has 2 heteroatoms. The predicted octanol–water partition coefficient (Wildman–Crippen LogP) is 3.54. The summed E-state index contributed by atoms with van der Waals surface area (Å²) in [5, 5.41) is 1.13. The number of nitrogens with zero attached hydrogens (tertiary/aromatic N) is 1. The SMILES string of the molecule is COc1ccc2ncc(C(C)(C)C)cc2c1. The van der Waals surface area contributed by atoms with Crippen molar-refractivity contribution in [3.8, 4) is 5.75 Å². The van der Waals surface area contributed by atoms with Crippen LogP contribution in [0.2, 0.25) is 0 Å². The Hall–Kier alpha value is -1.57. The van der Waals surface area contributed by atoms with E-state index in [1.54, 1.807) is 7.11 Å². The third-order valence-electron chi connectivity index (χ3n) is 2.75. The Kier molecular flexibility index (Phi) is 2.58. The van der Waals surface area contributed by atoms with Gasteiger partial charge in [-0.2, -0.15) is 0 Å². The van der Waals surface area contributed by atoms with Crippen molar-refractivity contribution in [1.29, 1.82) is 0 Å². The van der Waals surface area contributed by atoms with Crippen LogP contribution in [0.4, 0.5) is 0 Å². The Balaban J connectivity index is 2.59. The van der Waals surface area contributed by atoms with Crippen molar-refractivity contribution >= 4 is 10.9 Å². The number of rotatable bonds is 1. The molecule has 0 spiro atoms. The van der Waals surface area contributed by atoms with Crippen LogP contribution in [0, 0.1) is 0 Å². The first-order valence-corrected chi connectivity index (χ1v) is 5.45. The molecule has 0 saturated carbocycles. The molecule has 1 heterocycles. The van der Waals surface area contributed by atoms with Gasteiger partial charge in [0.25, 0.3) is 0 Å². The van der Waals surface area contributed by atoms with Gasteiger partial charge in [0.1, 0.15) is 5.75 Å². The molecule has 0 radical (unpaired) electrons. The summed E-state index contributed by atoms with van der Waals surface area (Å²) in [6.07, 6.45) is 1.95. The van der Waals surface area contributed by atoms with E-state index in [0.29, 0.717) is 0 Å². The first-order valence-electron chi connectivity index (χ1n) is 5.45. The van der Waals surface area contributed by atoms with Crippen LogP contribution in [-0.4, -0.2) is 12.1 Å². The smallest absolute Gasteiger partial charge is 0.119 e. The van der Waals surface area contributed by atoms with E-state index in [1.807, 2.05) is 24.4 Å². The standard InChI is InChI=1S/C14H17NO/c1-14(2,3)11-7-10-8-12(16-4)5-6-13(10)15-9-11/h5-9H,1-4H3. The highest BCUT2D eigenvalue weighted by Gasteiger charge is 2.14. The molecule has 2 nitrogen and oxygen atoms in total. The van der Waals surface area contributed by atoms with E-state index in [9.17, 15) is 0 Å². The highest BCUT2D eigenvalue weighted by atomic mass is 16.5. The van der Waals surface area contributed by atoms with Crippen molar-refractivity contribution in [2.45, 2.75) is 26.2 Å². The van der Waals surface area contributed by atoms with Crippen LogP contribution >= 0.6 is 0 Å².